The van der Waals surface area contributed by atoms with Crippen molar-refractivity contribution in [2.75, 3.05) is 13.7 Å². The standard InChI is InChI=1S/C15H19NO4S/c1-20-15(17)14-9-5-6-11-16(14)21(18,19)12-10-13-7-3-2-4-8-13/h2-4,7-8,10,12,14H,5-6,9,11H2,1H3/b12-10+/t14-/m1/s1. The fourth-order valence-corrected chi connectivity index (χ4v) is 3.80. The molecule has 0 amide bonds. The second-order valence-electron chi connectivity index (χ2n) is 4.90. The lowest BCUT2D eigenvalue weighted by atomic mass is 10.1. The van der Waals surface area contributed by atoms with Crippen LogP contribution in [0.5, 0.6) is 0 Å². The van der Waals surface area contributed by atoms with Crippen molar-refractivity contribution in [2.45, 2.75) is 25.3 Å². The lowest BCUT2D eigenvalue weighted by Crippen LogP contribution is -2.47. The molecule has 0 N–H and O–H groups in total. The lowest BCUT2D eigenvalue weighted by Gasteiger charge is -2.31. The molecule has 1 aliphatic heterocycles. The van der Waals surface area contributed by atoms with Crippen LogP contribution in [-0.4, -0.2) is 38.4 Å². The largest absolute Gasteiger partial charge is 0.468 e. The predicted octanol–water partition coefficient (Wildman–Crippen LogP) is 2.01. The third-order valence-corrected chi connectivity index (χ3v) is 5.06. The van der Waals surface area contributed by atoms with Crippen molar-refractivity contribution < 1.29 is 17.9 Å². The first-order chi connectivity index (χ1) is 10.0. The Morgan fingerprint density at radius 2 is 2.00 bits per heavy atom. The molecule has 1 fully saturated rings. The Morgan fingerprint density at radius 1 is 1.29 bits per heavy atom. The van der Waals surface area contributed by atoms with E-state index < -0.39 is 22.0 Å². The maximum Gasteiger partial charge on any atom is 0.324 e. The third kappa shape index (κ3) is 3.92. The molecule has 1 aliphatic rings. The number of rotatable bonds is 4. The van der Waals surface area contributed by atoms with Gasteiger partial charge in [0.25, 0.3) is 0 Å². The number of sulfonamides is 1. The van der Waals surface area contributed by atoms with Crippen LogP contribution in [0, 0.1) is 0 Å². The van der Waals surface area contributed by atoms with Crippen LogP contribution >= 0.6 is 0 Å². The average molecular weight is 309 g/mol. The van der Waals surface area contributed by atoms with Crippen molar-refractivity contribution in [1.82, 2.24) is 4.31 Å². The van der Waals surface area contributed by atoms with Crippen LogP contribution in [0.25, 0.3) is 6.08 Å². The van der Waals surface area contributed by atoms with E-state index in [0.29, 0.717) is 13.0 Å². The summed E-state index contributed by atoms with van der Waals surface area (Å²) in [5.41, 5.74) is 0.799. The quantitative estimate of drug-likeness (QED) is 0.798. The molecule has 5 nitrogen and oxygen atoms in total. The molecular formula is C15H19NO4S. The highest BCUT2D eigenvalue weighted by atomic mass is 32.2. The second-order valence-corrected chi connectivity index (χ2v) is 6.67. The molecule has 6 heteroatoms. The number of carbonyl (C=O) groups excluding carboxylic acids is 1. The summed E-state index contributed by atoms with van der Waals surface area (Å²) < 4.78 is 30.8. The van der Waals surface area contributed by atoms with Crippen LogP contribution in [0.4, 0.5) is 0 Å². The zero-order valence-electron chi connectivity index (χ0n) is 11.9. The zero-order valence-corrected chi connectivity index (χ0v) is 12.8. The summed E-state index contributed by atoms with van der Waals surface area (Å²) in [4.78, 5) is 11.7. The van der Waals surface area contributed by atoms with Gasteiger partial charge in [0, 0.05) is 12.0 Å². The molecule has 1 aromatic rings. The molecule has 0 bridgehead atoms. The Hall–Kier alpha value is -1.66. The number of hydrogen-bond acceptors (Lipinski definition) is 4. The van der Waals surface area contributed by atoms with E-state index in [9.17, 15) is 13.2 Å². The first-order valence-electron chi connectivity index (χ1n) is 6.87. The third-order valence-electron chi connectivity index (χ3n) is 3.49. The number of hydrogen-bond donors (Lipinski definition) is 0. The second kappa shape index (κ2) is 6.87. The maximum atomic E-state index is 12.4. The Morgan fingerprint density at radius 3 is 2.67 bits per heavy atom. The van der Waals surface area contributed by atoms with Crippen LogP contribution in [0.2, 0.25) is 0 Å². The number of nitrogens with zero attached hydrogens (tertiary/aromatic N) is 1. The van der Waals surface area contributed by atoms with Gasteiger partial charge in [0.15, 0.2) is 0 Å². The minimum atomic E-state index is -3.63. The fourth-order valence-electron chi connectivity index (χ4n) is 2.39. The summed E-state index contributed by atoms with van der Waals surface area (Å²) in [6.07, 6.45) is 3.63. The molecule has 0 aliphatic carbocycles. The molecule has 2 rings (SSSR count). The van der Waals surface area contributed by atoms with Gasteiger partial charge in [0.2, 0.25) is 10.0 Å². The van der Waals surface area contributed by atoms with Crippen molar-refractivity contribution >= 4 is 22.1 Å². The number of benzene rings is 1. The Balaban J connectivity index is 2.20. The number of piperidine rings is 1. The predicted molar refractivity (Wildman–Crippen MR) is 80.8 cm³/mol. The summed E-state index contributed by atoms with van der Waals surface area (Å²) in [6.45, 7) is 0.348. The average Bonchev–Trinajstić information content (AvgIpc) is 2.53. The number of methoxy groups -OCH3 is 1. The normalized spacial score (nSPS) is 20.5. The minimum absolute atomic E-state index is 0.348. The van der Waals surface area contributed by atoms with E-state index in [4.69, 9.17) is 4.74 Å². The van der Waals surface area contributed by atoms with Crippen molar-refractivity contribution in [3.05, 3.63) is 41.3 Å². The van der Waals surface area contributed by atoms with E-state index in [1.165, 1.54) is 17.5 Å². The molecule has 0 saturated carbocycles. The van der Waals surface area contributed by atoms with E-state index in [2.05, 4.69) is 0 Å². The molecule has 0 spiro atoms. The van der Waals surface area contributed by atoms with Crippen LogP contribution < -0.4 is 0 Å². The molecule has 114 valence electrons. The van der Waals surface area contributed by atoms with Crippen molar-refractivity contribution in [3.63, 3.8) is 0 Å². The maximum absolute atomic E-state index is 12.4. The highest BCUT2D eigenvalue weighted by Gasteiger charge is 2.36. The SMILES string of the molecule is COC(=O)[C@H]1CCCCN1S(=O)(=O)/C=C/c1ccccc1. The summed E-state index contributed by atoms with van der Waals surface area (Å²) in [6, 6.07) is 8.47. The van der Waals surface area contributed by atoms with Gasteiger partial charge in [-0.1, -0.05) is 30.3 Å². The molecule has 1 atom stereocenters. The van der Waals surface area contributed by atoms with E-state index in [-0.39, 0.29) is 0 Å². The van der Waals surface area contributed by atoms with Crippen LogP contribution in [0.15, 0.2) is 35.7 Å². The van der Waals surface area contributed by atoms with E-state index in [1.807, 2.05) is 30.3 Å². The van der Waals surface area contributed by atoms with Gasteiger partial charge in [-0.25, -0.2) is 8.42 Å². The van der Waals surface area contributed by atoms with Gasteiger partial charge in [0.05, 0.1) is 7.11 Å². The van der Waals surface area contributed by atoms with E-state index in [0.717, 1.165) is 23.8 Å². The first-order valence-corrected chi connectivity index (χ1v) is 8.38. The summed E-state index contributed by atoms with van der Waals surface area (Å²) in [5.74, 6) is -0.494. The summed E-state index contributed by atoms with van der Waals surface area (Å²) in [7, 11) is -2.35. The van der Waals surface area contributed by atoms with Crippen LogP contribution in [0.3, 0.4) is 0 Å². The Bertz CT molecular complexity index is 610. The molecule has 1 heterocycles. The fraction of sp³-hybridized carbons (Fsp3) is 0.400. The van der Waals surface area contributed by atoms with Crippen molar-refractivity contribution in [3.8, 4) is 0 Å². The highest BCUT2D eigenvalue weighted by Crippen LogP contribution is 2.22. The van der Waals surface area contributed by atoms with Gasteiger partial charge >= 0.3 is 5.97 Å². The molecule has 0 radical (unpaired) electrons. The van der Waals surface area contributed by atoms with Gasteiger partial charge in [0.1, 0.15) is 6.04 Å². The smallest absolute Gasteiger partial charge is 0.324 e. The van der Waals surface area contributed by atoms with Gasteiger partial charge < -0.3 is 4.74 Å². The van der Waals surface area contributed by atoms with Gasteiger partial charge in [-0.2, -0.15) is 4.31 Å². The Labute approximate surface area is 125 Å². The molecular weight excluding hydrogens is 290 g/mol. The van der Waals surface area contributed by atoms with Gasteiger partial charge in [-0.15, -0.1) is 0 Å². The zero-order chi connectivity index (χ0) is 15.3. The lowest BCUT2D eigenvalue weighted by molar-refractivity contribution is -0.146. The molecule has 21 heavy (non-hydrogen) atoms. The van der Waals surface area contributed by atoms with Crippen molar-refractivity contribution in [1.29, 1.82) is 0 Å². The van der Waals surface area contributed by atoms with E-state index in [1.54, 1.807) is 0 Å². The minimum Gasteiger partial charge on any atom is -0.468 e. The molecule has 0 unspecified atom stereocenters. The Kier molecular flexibility index (Phi) is 5.14. The van der Waals surface area contributed by atoms with Crippen LogP contribution in [0.1, 0.15) is 24.8 Å². The van der Waals surface area contributed by atoms with Gasteiger partial charge in [-0.05, 0) is 30.9 Å². The molecule has 1 aromatic carbocycles. The summed E-state index contributed by atoms with van der Waals surface area (Å²) in [5, 5.41) is 1.16. The molecule has 1 saturated heterocycles. The number of carbonyl (C=O) groups is 1. The van der Waals surface area contributed by atoms with Crippen LogP contribution in [-0.2, 0) is 19.6 Å². The van der Waals surface area contributed by atoms with Gasteiger partial charge in [-0.3, -0.25) is 4.79 Å². The summed E-state index contributed by atoms with van der Waals surface area (Å²) >= 11 is 0. The van der Waals surface area contributed by atoms with E-state index >= 15 is 0 Å². The topological polar surface area (TPSA) is 63.7 Å². The van der Waals surface area contributed by atoms with Crippen molar-refractivity contribution in [2.24, 2.45) is 0 Å². The number of esters is 1. The molecule has 0 aromatic heterocycles. The monoisotopic (exact) mass is 309 g/mol. The number of ether oxygens (including phenoxy) is 1. The first kappa shape index (κ1) is 15.7. The highest BCUT2D eigenvalue weighted by molar-refractivity contribution is 7.92.